The molecule has 0 saturated heterocycles. The zero-order valence-corrected chi connectivity index (χ0v) is 23.9. The van der Waals surface area contributed by atoms with Crippen molar-refractivity contribution in [3.8, 4) is 0 Å². The molecule has 0 spiro atoms. The summed E-state index contributed by atoms with van der Waals surface area (Å²) in [5.74, 6) is -1.09. The molecular formula is C30H38N3O7+. The number of esters is 2. The van der Waals surface area contributed by atoms with E-state index >= 15 is 0 Å². The Morgan fingerprint density at radius 3 is 2.50 bits per heavy atom. The van der Waals surface area contributed by atoms with Crippen LogP contribution in [0.3, 0.4) is 0 Å². The molecule has 0 saturated carbocycles. The Kier molecular flexibility index (Phi) is 9.09. The molecule has 10 nitrogen and oxygen atoms in total. The third-order valence-electron chi connectivity index (χ3n) is 7.15. The molecular weight excluding hydrogens is 514 g/mol. The summed E-state index contributed by atoms with van der Waals surface area (Å²) in [6, 6.07) is 10.8. The highest BCUT2D eigenvalue weighted by Gasteiger charge is 2.34. The monoisotopic (exact) mass is 552 g/mol. The molecule has 214 valence electrons. The van der Waals surface area contributed by atoms with Crippen molar-refractivity contribution in [2.75, 3.05) is 33.5 Å². The molecule has 2 aromatic heterocycles. The molecule has 0 aliphatic carbocycles. The lowest BCUT2D eigenvalue weighted by molar-refractivity contribution is -0.940. The van der Waals surface area contributed by atoms with Gasteiger partial charge < -0.3 is 23.5 Å². The van der Waals surface area contributed by atoms with Gasteiger partial charge in [-0.1, -0.05) is 17.7 Å². The highest BCUT2D eigenvalue weighted by Crippen LogP contribution is 2.34. The van der Waals surface area contributed by atoms with Crippen LogP contribution in [0.25, 0.3) is 10.9 Å². The van der Waals surface area contributed by atoms with Crippen LogP contribution in [0.15, 0.2) is 36.5 Å². The second kappa shape index (κ2) is 12.5. The standard InChI is InChI=1S/C30H38N3O7/c1-20-6-9-28-26(14-20)27-16-33(5,13-11-29(27)32(28)12-10-24-8-7-21(2)31-15-24)19-39-30(36)38-18-25(40-23(4)35)17-37-22(3)34/h6-9,14-15,25H,10-13,16-19H2,1-5H3/q+1. The summed E-state index contributed by atoms with van der Waals surface area (Å²) in [5.41, 5.74) is 7.24. The smallest absolute Gasteiger partial charge is 0.462 e. The molecule has 0 radical (unpaired) electrons. The second-order valence-corrected chi connectivity index (χ2v) is 10.8. The van der Waals surface area contributed by atoms with Crippen LogP contribution in [0.1, 0.15) is 41.9 Å². The Balaban J connectivity index is 1.42. The first-order chi connectivity index (χ1) is 19.0. The van der Waals surface area contributed by atoms with Gasteiger partial charge in [0.15, 0.2) is 6.10 Å². The van der Waals surface area contributed by atoms with Crippen LogP contribution >= 0.6 is 0 Å². The fourth-order valence-electron chi connectivity index (χ4n) is 5.11. The predicted molar refractivity (Wildman–Crippen MR) is 147 cm³/mol. The van der Waals surface area contributed by atoms with E-state index in [0.29, 0.717) is 11.0 Å². The zero-order valence-electron chi connectivity index (χ0n) is 23.9. The van der Waals surface area contributed by atoms with Crippen molar-refractivity contribution in [1.29, 1.82) is 0 Å². The van der Waals surface area contributed by atoms with Crippen LogP contribution in [0.5, 0.6) is 0 Å². The number of carbonyl (C=O) groups is 3. The predicted octanol–water partition coefficient (Wildman–Crippen LogP) is 4.00. The molecule has 2 unspecified atom stereocenters. The van der Waals surface area contributed by atoms with Gasteiger partial charge in [-0.2, -0.15) is 0 Å². The normalized spacial score (nSPS) is 17.1. The maximum absolute atomic E-state index is 12.4. The summed E-state index contributed by atoms with van der Waals surface area (Å²) in [7, 11) is 2.07. The minimum Gasteiger partial charge on any atom is -0.462 e. The summed E-state index contributed by atoms with van der Waals surface area (Å²) >= 11 is 0. The fraction of sp³-hybridized carbons (Fsp3) is 0.467. The summed E-state index contributed by atoms with van der Waals surface area (Å²) < 4.78 is 23.5. The van der Waals surface area contributed by atoms with Gasteiger partial charge in [0.05, 0.1) is 13.6 Å². The number of rotatable bonds is 10. The van der Waals surface area contributed by atoms with Crippen LogP contribution in [-0.2, 0) is 54.5 Å². The van der Waals surface area contributed by atoms with Crippen molar-refractivity contribution in [1.82, 2.24) is 9.55 Å². The molecule has 2 atom stereocenters. The van der Waals surface area contributed by atoms with Crippen LogP contribution in [0.4, 0.5) is 4.79 Å². The van der Waals surface area contributed by atoms with E-state index in [0.717, 1.165) is 31.6 Å². The maximum Gasteiger partial charge on any atom is 0.512 e. The van der Waals surface area contributed by atoms with E-state index in [9.17, 15) is 14.4 Å². The highest BCUT2D eigenvalue weighted by atomic mass is 16.7. The van der Waals surface area contributed by atoms with Crippen molar-refractivity contribution < 1.29 is 37.8 Å². The van der Waals surface area contributed by atoms with Crippen LogP contribution in [0.2, 0.25) is 0 Å². The average molecular weight is 553 g/mol. The molecule has 3 heterocycles. The third kappa shape index (κ3) is 7.38. The number of hydrogen-bond acceptors (Lipinski definition) is 8. The number of fused-ring (bicyclic) bond motifs is 3. The molecule has 0 N–H and O–H groups in total. The van der Waals surface area contributed by atoms with E-state index in [-0.39, 0.29) is 19.9 Å². The van der Waals surface area contributed by atoms with E-state index < -0.39 is 24.2 Å². The summed E-state index contributed by atoms with van der Waals surface area (Å²) in [6.45, 7) is 8.59. The average Bonchev–Trinajstić information content (AvgIpc) is 3.20. The second-order valence-electron chi connectivity index (χ2n) is 10.8. The van der Waals surface area contributed by atoms with Gasteiger partial charge in [0.2, 0.25) is 6.73 Å². The maximum atomic E-state index is 12.4. The van der Waals surface area contributed by atoms with Crippen molar-refractivity contribution in [3.63, 3.8) is 0 Å². The van der Waals surface area contributed by atoms with Crippen LogP contribution in [-0.4, -0.2) is 71.8 Å². The zero-order chi connectivity index (χ0) is 28.9. The first-order valence-electron chi connectivity index (χ1n) is 13.5. The molecule has 10 heteroatoms. The molecule has 1 aromatic carbocycles. The number of carbonyl (C=O) groups excluding carboxylic acids is 3. The SMILES string of the molecule is CC(=O)OCC(COC(=O)OC[N+]1(C)CCc2c(c3cc(C)ccc3n2CCc2ccc(C)nc2)C1)OC(C)=O. The van der Waals surface area contributed by atoms with Gasteiger partial charge in [-0.25, -0.2) is 4.79 Å². The minimum absolute atomic E-state index is 0.133. The Bertz CT molecular complexity index is 1380. The van der Waals surface area contributed by atoms with Gasteiger partial charge in [-0.05, 0) is 44.0 Å². The number of aryl methyl sites for hydroxylation is 4. The lowest BCUT2D eigenvalue weighted by atomic mass is 10.0. The first-order valence-corrected chi connectivity index (χ1v) is 13.5. The number of benzene rings is 1. The van der Waals surface area contributed by atoms with Gasteiger partial charge >= 0.3 is 18.1 Å². The van der Waals surface area contributed by atoms with Crippen LogP contribution in [0, 0.1) is 13.8 Å². The third-order valence-corrected chi connectivity index (χ3v) is 7.15. The molecule has 4 rings (SSSR count). The van der Waals surface area contributed by atoms with Crippen molar-refractivity contribution in [2.45, 2.75) is 59.7 Å². The minimum atomic E-state index is -0.902. The number of pyridine rings is 1. The molecule has 3 aromatic rings. The quantitative estimate of drug-likeness (QED) is 0.211. The van der Waals surface area contributed by atoms with Crippen molar-refractivity contribution in [3.05, 3.63) is 64.6 Å². The van der Waals surface area contributed by atoms with E-state index in [1.165, 1.54) is 47.1 Å². The van der Waals surface area contributed by atoms with E-state index in [4.69, 9.17) is 18.9 Å². The molecule has 0 bridgehead atoms. The lowest BCUT2D eigenvalue weighted by Crippen LogP contribution is -2.49. The van der Waals surface area contributed by atoms with E-state index in [2.05, 4.69) is 47.8 Å². The van der Waals surface area contributed by atoms with Gasteiger partial charge in [0, 0.05) is 60.9 Å². The van der Waals surface area contributed by atoms with Crippen molar-refractivity contribution >= 4 is 29.0 Å². The number of hydrogen-bond donors (Lipinski definition) is 0. The molecule has 0 fully saturated rings. The number of likely N-dealkylation sites (N-methyl/N-ethyl adjacent to an activating group) is 1. The Labute approximate surface area is 234 Å². The molecule has 1 aliphatic rings. The Hall–Kier alpha value is -3.92. The molecule has 1 aliphatic heterocycles. The number of aromatic nitrogens is 2. The lowest BCUT2D eigenvalue weighted by Gasteiger charge is -2.37. The van der Waals surface area contributed by atoms with E-state index in [1.807, 2.05) is 19.2 Å². The Morgan fingerprint density at radius 2 is 1.80 bits per heavy atom. The summed E-state index contributed by atoms with van der Waals surface area (Å²) in [6.07, 6.45) is 1.93. The summed E-state index contributed by atoms with van der Waals surface area (Å²) in [4.78, 5) is 39.2. The number of nitrogens with zero attached hydrogens (tertiary/aromatic N) is 3. The van der Waals surface area contributed by atoms with Gasteiger partial charge in [0.1, 0.15) is 19.8 Å². The number of quaternary nitrogens is 1. The van der Waals surface area contributed by atoms with Gasteiger partial charge in [-0.15, -0.1) is 0 Å². The van der Waals surface area contributed by atoms with Crippen molar-refractivity contribution in [2.24, 2.45) is 0 Å². The highest BCUT2D eigenvalue weighted by molar-refractivity contribution is 5.86. The van der Waals surface area contributed by atoms with Crippen LogP contribution < -0.4 is 0 Å². The first kappa shape index (κ1) is 29.1. The summed E-state index contributed by atoms with van der Waals surface area (Å²) in [5, 5.41) is 1.23. The topological polar surface area (TPSA) is 106 Å². The molecule has 40 heavy (non-hydrogen) atoms. The van der Waals surface area contributed by atoms with Gasteiger partial charge in [0.25, 0.3) is 0 Å². The van der Waals surface area contributed by atoms with Gasteiger partial charge in [-0.3, -0.25) is 19.1 Å². The Morgan fingerprint density at radius 1 is 1.02 bits per heavy atom. The largest absolute Gasteiger partial charge is 0.512 e. The molecule has 0 amide bonds. The number of ether oxygens (including phenoxy) is 4. The fourth-order valence-corrected chi connectivity index (χ4v) is 5.11. The van der Waals surface area contributed by atoms with E-state index in [1.54, 1.807) is 0 Å².